The summed E-state index contributed by atoms with van der Waals surface area (Å²) in [6.07, 6.45) is 0. The fourth-order valence-electron chi connectivity index (χ4n) is 3.04. The lowest BCUT2D eigenvalue weighted by Crippen LogP contribution is -2.00. The quantitative estimate of drug-likeness (QED) is 0.433. The van der Waals surface area contributed by atoms with Gasteiger partial charge in [0, 0.05) is 17.0 Å². The van der Waals surface area contributed by atoms with E-state index in [1.165, 1.54) is 5.56 Å². The Morgan fingerprint density at radius 1 is 0.929 bits per heavy atom. The Kier molecular flexibility index (Phi) is 5.22. The van der Waals surface area contributed by atoms with Crippen LogP contribution in [0.15, 0.2) is 84.0 Å². The fourth-order valence-corrected chi connectivity index (χ4v) is 4.00. The number of aryl methyl sites for hydroxylation is 1. The average Bonchev–Trinajstić information content (AvgIpc) is 3.17. The van der Waals surface area contributed by atoms with E-state index < -0.39 is 0 Å². The van der Waals surface area contributed by atoms with Gasteiger partial charge in [-0.15, -0.1) is 10.2 Å². The van der Waals surface area contributed by atoms with Crippen molar-refractivity contribution in [1.82, 2.24) is 14.8 Å². The number of hydrogen-bond donors (Lipinski definition) is 0. The number of benzene rings is 3. The van der Waals surface area contributed by atoms with E-state index in [0.29, 0.717) is 11.3 Å². The molecule has 0 bridgehead atoms. The average molecular weight is 382 g/mol. The van der Waals surface area contributed by atoms with E-state index in [4.69, 9.17) is 0 Å². The van der Waals surface area contributed by atoms with Gasteiger partial charge >= 0.3 is 0 Å². The lowest BCUT2D eigenvalue weighted by molar-refractivity contribution is 0.886. The zero-order valence-corrected chi connectivity index (χ0v) is 16.2. The molecule has 0 aliphatic carbocycles. The highest BCUT2D eigenvalue weighted by Gasteiger charge is 2.16. The Labute approximate surface area is 168 Å². The number of hydrogen-bond acceptors (Lipinski definition) is 4. The summed E-state index contributed by atoms with van der Waals surface area (Å²) in [7, 11) is 0. The van der Waals surface area contributed by atoms with Crippen LogP contribution in [0.25, 0.3) is 17.1 Å². The summed E-state index contributed by atoms with van der Waals surface area (Å²) < 4.78 is 2.08. The molecule has 0 N–H and O–H groups in total. The molecule has 4 aromatic rings. The monoisotopic (exact) mass is 382 g/mol. The van der Waals surface area contributed by atoms with Crippen molar-refractivity contribution in [2.45, 2.75) is 17.8 Å². The molecule has 4 rings (SSSR count). The van der Waals surface area contributed by atoms with Crippen LogP contribution in [0, 0.1) is 18.3 Å². The van der Waals surface area contributed by atoms with E-state index in [1.807, 2.05) is 48.5 Å². The van der Waals surface area contributed by atoms with Gasteiger partial charge in [0.1, 0.15) is 0 Å². The van der Waals surface area contributed by atoms with Gasteiger partial charge in [0.15, 0.2) is 11.0 Å². The second kappa shape index (κ2) is 8.12. The van der Waals surface area contributed by atoms with Crippen molar-refractivity contribution in [3.8, 4) is 23.1 Å². The minimum Gasteiger partial charge on any atom is -0.270 e. The van der Waals surface area contributed by atoms with Crippen LogP contribution in [0.2, 0.25) is 0 Å². The molecule has 0 unspecified atom stereocenters. The first-order valence-electron chi connectivity index (χ1n) is 8.95. The molecular formula is C23H18N4S. The summed E-state index contributed by atoms with van der Waals surface area (Å²) in [5.74, 6) is 1.47. The molecule has 1 aromatic heterocycles. The molecule has 4 nitrogen and oxygen atoms in total. The molecule has 28 heavy (non-hydrogen) atoms. The Hall–Kier alpha value is -3.36. The molecule has 3 aromatic carbocycles. The number of nitrogens with zero attached hydrogens (tertiary/aromatic N) is 4. The van der Waals surface area contributed by atoms with Gasteiger partial charge in [0.05, 0.1) is 11.6 Å². The molecule has 0 aliphatic rings. The lowest BCUT2D eigenvalue weighted by atomic mass is 10.1. The van der Waals surface area contributed by atoms with Gasteiger partial charge in [-0.3, -0.25) is 4.57 Å². The maximum absolute atomic E-state index is 9.33. The maximum atomic E-state index is 9.33. The van der Waals surface area contributed by atoms with E-state index in [9.17, 15) is 5.26 Å². The topological polar surface area (TPSA) is 54.5 Å². The zero-order chi connectivity index (χ0) is 19.3. The number of nitriles is 1. The van der Waals surface area contributed by atoms with E-state index in [0.717, 1.165) is 27.8 Å². The summed E-state index contributed by atoms with van der Waals surface area (Å²) in [6.45, 7) is 2.07. The number of aromatic nitrogens is 3. The van der Waals surface area contributed by atoms with Crippen molar-refractivity contribution < 1.29 is 0 Å². The summed E-state index contributed by atoms with van der Waals surface area (Å²) in [5, 5.41) is 19.1. The SMILES string of the molecule is Cc1cccc(-c2nnc(SCc3ccccc3C#N)n2-c2ccccc2)c1. The standard InChI is InChI=1S/C23H18N4S/c1-17-8-7-11-18(14-17)22-25-26-23(27(22)21-12-3-2-4-13-21)28-16-20-10-6-5-9-19(20)15-24/h2-14H,16H2,1H3. The molecule has 0 saturated carbocycles. The highest BCUT2D eigenvalue weighted by Crippen LogP contribution is 2.30. The third-order valence-corrected chi connectivity index (χ3v) is 5.40. The van der Waals surface area contributed by atoms with Crippen molar-refractivity contribution in [2.24, 2.45) is 0 Å². The second-order valence-corrected chi connectivity index (χ2v) is 7.35. The van der Waals surface area contributed by atoms with Crippen LogP contribution in [0.4, 0.5) is 0 Å². The van der Waals surface area contributed by atoms with Crippen LogP contribution in [0.5, 0.6) is 0 Å². The summed E-state index contributed by atoms with van der Waals surface area (Å²) in [6, 6.07) is 28.3. The summed E-state index contributed by atoms with van der Waals surface area (Å²) in [5.41, 5.74) is 4.91. The number of para-hydroxylation sites is 1. The van der Waals surface area contributed by atoms with Gasteiger partial charge in [-0.25, -0.2) is 0 Å². The van der Waals surface area contributed by atoms with E-state index in [1.54, 1.807) is 11.8 Å². The van der Waals surface area contributed by atoms with Crippen LogP contribution in [-0.2, 0) is 5.75 Å². The Balaban J connectivity index is 1.75. The van der Waals surface area contributed by atoms with Gasteiger partial charge in [-0.05, 0) is 36.8 Å². The minimum atomic E-state index is 0.655. The molecule has 0 saturated heterocycles. The molecule has 0 amide bonds. The van der Waals surface area contributed by atoms with Gasteiger partial charge < -0.3 is 0 Å². The first-order valence-corrected chi connectivity index (χ1v) is 9.93. The van der Waals surface area contributed by atoms with E-state index >= 15 is 0 Å². The van der Waals surface area contributed by atoms with Crippen LogP contribution in [-0.4, -0.2) is 14.8 Å². The molecule has 136 valence electrons. The lowest BCUT2D eigenvalue weighted by Gasteiger charge is -2.11. The van der Waals surface area contributed by atoms with Crippen molar-refractivity contribution in [3.63, 3.8) is 0 Å². The Bertz CT molecular complexity index is 1140. The minimum absolute atomic E-state index is 0.655. The summed E-state index contributed by atoms with van der Waals surface area (Å²) >= 11 is 1.58. The van der Waals surface area contributed by atoms with E-state index in [-0.39, 0.29) is 0 Å². The second-order valence-electron chi connectivity index (χ2n) is 6.40. The molecule has 0 aliphatic heterocycles. The Morgan fingerprint density at radius 2 is 1.71 bits per heavy atom. The van der Waals surface area contributed by atoms with Crippen molar-refractivity contribution in [3.05, 3.63) is 95.6 Å². The molecule has 0 atom stereocenters. The predicted molar refractivity (Wildman–Crippen MR) is 112 cm³/mol. The van der Waals surface area contributed by atoms with Crippen LogP contribution in [0.1, 0.15) is 16.7 Å². The van der Waals surface area contributed by atoms with Gasteiger partial charge in [-0.2, -0.15) is 5.26 Å². The zero-order valence-electron chi connectivity index (χ0n) is 15.4. The van der Waals surface area contributed by atoms with Crippen LogP contribution in [0.3, 0.4) is 0 Å². The Morgan fingerprint density at radius 3 is 2.50 bits per heavy atom. The number of thioether (sulfide) groups is 1. The van der Waals surface area contributed by atoms with Gasteiger partial charge in [0.25, 0.3) is 0 Å². The first-order chi connectivity index (χ1) is 13.8. The molecule has 0 radical (unpaired) electrons. The smallest absolute Gasteiger partial charge is 0.196 e. The predicted octanol–water partition coefficient (Wildman–Crippen LogP) is 5.41. The molecular weight excluding hydrogens is 364 g/mol. The molecule has 0 fully saturated rings. The third-order valence-electron chi connectivity index (χ3n) is 4.42. The van der Waals surface area contributed by atoms with Crippen molar-refractivity contribution >= 4 is 11.8 Å². The summed E-state index contributed by atoms with van der Waals surface area (Å²) in [4.78, 5) is 0. The van der Waals surface area contributed by atoms with E-state index in [2.05, 4.69) is 58.1 Å². The van der Waals surface area contributed by atoms with Crippen LogP contribution >= 0.6 is 11.8 Å². The highest BCUT2D eigenvalue weighted by atomic mass is 32.2. The third kappa shape index (κ3) is 3.68. The number of rotatable bonds is 5. The normalized spacial score (nSPS) is 10.6. The van der Waals surface area contributed by atoms with Crippen molar-refractivity contribution in [1.29, 1.82) is 5.26 Å². The molecule has 1 heterocycles. The van der Waals surface area contributed by atoms with Crippen LogP contribution < -0.4 is 0 Å². The fraction of sp³-hybridized carbons (Fsp3) is 0.0870. The highest BCUT2D eigenvalue weighted by molar-refractivity contribution is 7.98. The maximum Gasteiger partial charge on any atom is 0.196 e. The first kappa shape index (κ1) is 18.0. The van der Waals surface area contributed by atoms with Gasteiger partial charge in [0.2, 0.25) is 0 Å². The van der Waals surface area contributed by atoms with Gasteiger partial charge in [-0.1, -0.05) is 71.9 Å². The van der Waals surface area contributed by atoms with Crippen molar-refractivity contribution in [2.75, 3.05) is 0 Å². The molecule has 0 spiro atoms. The largest absolute Gasteiger partial charge is 0.270 e. The molecule has 5 heteroatoms.